The van der Waals surface area contributed by atoms with E-state index in [1.807, 2.05) is 42.5 Å². The van der Waals surface area contributed by atoms with Crippen molar-refractivity contribution in [2.75, 3.05) is 4.90 Å². The first-order chi connectivity index (χ1) is 8.65. The van der Waals surface area contributed by atoms with Crippen molar-refractivity contribution in [3.8, 4) is 0 Å². The Morgan fingerprint density at radius 3 is 2.33 bits per heavy atom. The molecule has 0 saturated carbocycles. The van der Waals surface area contributed by atoms with Gasteiger partial charge in [-0.05, 0) is 48.0 Å². The van der Waals surface area contributed by atoms with E-state index in [0.29, 0.717) is 6.54 Å². The van der Waals surface area contributed by atoms with Crippen LogP contribution >= 0.6 is 31.9 Å². The van der Waals surface area contributed by atoms with Crippen molar-refractivity contribution in [1.29, 1.82) is 0 Å². The molecule has 0 bridgehead atoms. The van der Waals surface area contributed by atoms with Gasteiger partial charge in [0.1, 0.15) is 0 Å². The van der Waals surface area contributed by atoms with Crippen molar-refractivity contribution in [2.45, 2.75) is 6.54 Å². The number of hydrogen-bond donors (Lipinski definition) is 0. The fourth-order valence-corrected chi connectivity index (χ4v) is 2.79. The summed E-state index contributed by atoms with van der Waals surface area (Å²) in [6.07, 6.45) is 0. The number of fused-ring (bicyclic) bond motifs is 1. The second-order valence-electron chi connectivity index (χ2n) is 4.17. The van der Waals surface area contributed by atoms with E-state index in [9.17, 15) is 4.79 Å². The standard InChI is InChI=1S/C14H9Br2NO/c15-10-1-4-12(5-2-10)17-8-9-7-11(16)3-6-13(9)14(17)18/h1-7H,8H2. The minimum Gasteiger partial charge on any atom is -0.304 e. The lowest BCUT2D eigenvalue weighted by molar-refractivity contribution is 0.0996. The number of hydrogen-bond acceptors (Lipinski definition) is 1. The molecule has 1 heterocycles. The second kappa shape index (κ2) is 4.52. The number of rotatable bonds is 1. The van der Waals surface area contributed by atoms with Gasteiger partial charge in [-0.25, -0.2) is 0 Å². The molecule has 0 radical (unpaired) electrons. The molecule has 1 amide bonds. The van der Waals surface area contributed by atoms with Crippen molar-refractivity contribution in [1.82, 2.24) is 0 Å². The molecular weight excluding hydrogens is 358 g/mol. The van der Waals surface area contributed by atoms with Crippen LogP contribution < -0.4 is 4.90 Å². The van der Waals surface area contributed by atoms with E-state index in [4.69, 9.17) is 0 Å². The number of anilines is 1. The maximum atomic E-state index is 12.3. The average molecular weight is 367 g/mol. The summed E-state index contributed by atoms with van der Waals surface area (Å²) >= 11 is 6.83. The summed E-state index contributed by atoms with van der Waals surface area (Å²) in [4.78, 5) is 14.1. The molecule has 0 aliphatic carbocycles. The Morgan fingerprint density at radius 1 is 0.944 bits per heavy atom. The van der Waals surface area contributed by atoms with E-state index in [2.05, 4.69) is 31.9 Å². The summed E-state index contributed by atoms with van der Waals surface area (Å²) in [6.45, 7) is 0.634. The van der Waals surface area contributed by atoms with Crippen LogP contribution in [0.5, 0.6) is 0 Å². The minimum absolute atomic E-state index is 0.0693. The number of carbonyl (C=O) groups is 1. The number of carbonyl (C=O) groups excluding carboxylic acids is 1. The van der Waals surface area contributed by atoms with Crippen molar-refractivity contribution < 1.29 is 4.79 Å². The molecule has 4 heteroatoms. The lowest BCUT2D eigenvalue weighted by Crippen LogP contribution is -2.22. The van der Waals surface area contributed by atoms with Crippen LogP contribution in [-0.4, -0.2) is 5.91 Å². The van der Waals surface area contributed by atoms with Crippen LogP contribution in [-0.2, 0) is 6.54 Å². The number of halogens is 2. The molecule has 1 aliphatic heterocycles. The number of benzene rings is 2. The first-order valence-electron chi connectivity index (χ1n) is 5.51. The van der Waals surface area contributed by atoms with Crippen molar-refractivity contribution in [3.05, 3.63) is 62.5 Å². The fraction of sp³-hybridized carbons (Fsp3) is 0.0714. The summed E-state index contributed by atoms with van der Waals surface area (Å²) in [6, 6.07) is 13.6. The highest BCUT2D eigenvalue weighted by molar-refractivity contribution is 9.10. The Morgan fingerprint density at radius 2 is 1.61 bits per heavy atom. The molecule has 2 aromatic carbocycles. The van der Waals surface area contributed by atoms with Gasteiger partial charge >= 0.3 is 0 Å². The largest absolute Gasteiger partial charge is 0.304 e. The van der Waals surface area contributed by atoms with Gasteiger partial charge in [0, 0.05) is 20.2 Å². The highest BCUT2D eigenvalue weighted by Gasteiger charge is 2.28. The molecule has 1 aliphatic rings. The summed E-state index contributed by atoms with van der Waals surface area (Å²) in [7, 11) is 0. The van der Waals surface area contributed by atoms with E-state index in [0.717, 1.165) is 25.8 Å². The number of amides is 1. The average Bonchev–Trinajstić information content (AvgIpc) is 2.67. The monoisotopic (exact) mass is 365 g/mol. The molecular formula is C14H9Br2NO. The first kappa shape index (κ1) is 11.9. The molecule has 90 valence electrons. The van der Waals surface area contributed by atoms with Gasteiger partial charge in [-0.15, -0.1) is 0 Å². The topological polar surface area (TPSA) is 20.3 Å². The van der Waals surface area contributed by atoms with Crippen LogP contribution in [0.25, 0.3) is 0 Å². The van der Waals surface area contributed by atoms with Crippen LogP contribution in [0.1, 0.15) is 15.9 Å². The molecule has 3 rings (SSSR count). The van der Waals surface area contributed by atoms with Crippen LogP contribution in [0.15, 0.2) is 51.4 Å². The molecule has 0 fully saturated rings. The third-order valence-electron chi connectivity index (χ3n) is 3.01. The SMILES string of the molecule is O=C1c2ccc(Br)cc2CN1c1ccc(Br)cc1. The van der Waals surface area contributed by atoms with Gasteiger partial charge in [-0.2, -0.15) is 0 Å². The van der Waals surface area contributed by atoms with Gasteiger partial charge in [0.05, 0.1) is 6.54 Å². The molecule has 2 nitrogen and oxygen atoms in total. The molecule has 0 spiro atoms. The third kappa shape index (κ3) is 1.99. The molecule has 0 N–H and O–H groups in total. The van der Waals surface area contributed by atoms with Crippen molar-refractivity contribution >= 4 is 43.5 Å². The highest BCUT2D eigenvalue weighted by Crippen LogP contribution is 2.30. The fourth-order valence-electron chi connectivity index (χ4n) is 2.12. The summed E-state index contributed by atoms with van der Waals surface area (Å²) in [5.41, 5.74) is 2.79. The van der Waals surface area contributed by atoms with Crippen LogP contribution in [0.3, 0.4) is 0 Å². The quantitative estimate of drug-likeness (QED) is 0.733. The van der Waals surface area contributed by atoms with Crippen LogP contribution in [0, 0.1) is 0 Å². The van der Waals surface area contributed by atoms with E-state index in [1.54, 1.807) is 4.90 Å². The van der Waals surface area contributed by atoms with E-state index in [1.165, 1.54) is 0 Å². The number of nitrogens with zero attached hydrogens (tertiary/aromatic N) is 1. The normalized spacial score (nSPS) is 13.9. The predicted octanol–water partition coefficient (Wildman–Crippen LogP) is 4.37. The Kier molecular flexibility index (Phi) is 2.99. The molecule has 2 aromatic rings. The van der Waals surface area contributed by atoms with Gasteiger partial charge < -0.3 is 4.90 Å². The molecule has 18 heavy (non-hydrogen) atoms. The molecule has 0 aromatic heterocycles. The van der Waals surface area contributed by atoms with E-state index >= 15 is 0 Å². The van der Waals surface area contributed by atoms with Crippen molar-refractivity contribution in [2.24, 2.45) is 0 Å². The van der Waals surface area contributed by atoms with Gasteiger partial charge in [-0.1, -0.05) is 31.9 Å². The van der Waals surface area contributed by atoms with E-state index < -0.39 is 0 Å². The second-order valence-corrected chi connectivity index (χ2v) is 6.00. The Bertz CT molecular complexity index is 622. The predicted molar refractivity (Wildman–Crippen MR) is 78.8 cm³/mol. The first-order valence-corrected chi connectivity index (χ1v) is 7.09. The van der Waals surface area contributed by atoms with Gasteiger partial charge in [0.25, 0.3) is 5.91 Å². The zero-order valence-corrected chi connectivity index (χ0v) is 12.5. The lowest BCUT2D eigenvalue weighted by atomic mass is 10.1. The zero-order chi connectivity index (χ0) is 12.7. The highest BCUT2D eigenvalue weighted by atomic mass is 79.9. The Hall–Kier alpha value is -1.13. The zero-order valence-electron chi connectivity index (χ0n) is 9.36. The lowest BCUT2D eigenvalue weighted by Gasteiger charge is -2.15. The summed E-state index contributed by atoms with van der Waals surface area (Å²) in [5, 5.41) is 0. The molecule has 0 saturated heterocycles. The van der Waals surface area contributed by atoms with Gasteiger partial charge in [-0.3, -0.25) is 4.79 Å². The smallest absolute Gasteiger partial charge is 0.258 e. The molecule has 0 atom stereocenters. The maximum Gasteiger partial charge on any atom is 0.258 e. The minimum atomic E-state index is 0.0693. The van der Waals surface area contributed by atoms with Gasteiger partial charge in [0.2, 0.25) is 0 Å². The summed E-state index contributed by atoms with van der Waals surface area (Å²) < 4.78 is 2.02. The summed E-state index contributed by atoms with van der Waals surface area (Å²) in [5.74, 6) is 0.0693. The Balaban J connectivity index is 1.99. The maximum absolute atomic E-state index is 12.3. The molecule has 0 unspecified atom stereocenters. The third-order valence-corrected chi connectivity index (χ3v) is 4.03. The van der Waals surface area contributed by atoms with Crippen molar-refractivity contribution in [3.63, 3.8) is 0 Å². The van der Waals surface area contributed by atoms with Crippen LogP contribution in [0.4, 0.5) is 5.69 Å². The van der Waals surface area contributed by atoms with Crippen LogP contribution in [0.2, 0.25) is 0 Å². The van der Waals surface area contributed by atoms with E-state index in [-0.39, 0.29) is 5.91 Å². The Labute approximate surface area is 122 Å². The van der Waals surface area contributed by atoms with Gasteiger partial charge in [0.15, 0.2) is 0 Å².